The van der Waals surface area contributed by atoms with E-state index in [1.54, 1.807) is 0 Å². The third-order valence-corrected chi connectivity index (χ3v) is 4.91. The molecular formula is C16H32N2. The van der Waals surface area contributed by atoms with Crippen molar-refractivity contribution in [3.05, 3.63) is 0 Å². The fourth-order valence-electron chi connectivity index (χ4n) is 3.60. The Kier molecular flexibility index (Phi) is 5.50. The molecule has 18 heavy (non-hydrogen) atoms. The van der Waals surface area contributed by atoms with Crippen molar-refractivity contribution in [1.82, 2.24) is 4.90 Å². The molecule has 0 bridgehead atoms. The molecule has 0 aromatic heterocycles. The standard InChI is InChI=1S/C16H32N2/c1-2-11-18(12-15-7-8-15)14-16(13-17)9-5-3-4-6-10-16/h15H,2-14,17H2,1H3. The first-order valence-electron chi connectivity index (χ1n) is 8.20. The minimum atomic E-state index is 0.445. The predicted octanol–water partition coefficient (Wildman–Crippen LogP) is 3.41. The summed E-state index contributed by atoms with van der Waals surface area (Å²) in [4.78, 5) is 2.73. The van der Waals surface area contributed by atoms with Gasteiger partial charge in [0.25, 0.3) is 0 Å². The summed E-state index contributed by atoms with van der Waals surface area (Å²) in [5.41, 5.74) is 6.62. The van der Waals surface area contributed by atoms with Crippen molar-refractivity contribution >= 4 is 0 Å². The number of nitrogens with two attached hydrogens (primary N) is 1. The molecule has 0 aromatic carbocycles. The van der Waals surface area contributed by atoms with Gasteiger partial charge in [-0.3, -0.25) is 0 Å². The smallest absolute Gasteiger partial charge is 0.00502 e. The molecular weight excluding hydrogens is 220 g/mol. The quantitative estimate of drug-likeness (QED) is 0.704. The third kappa shape index (κ3) is 4.24. The van der Waals surface area contributed by atoms with E-state index in [2.05, 4.69) is 11.8 Å². The molecule has 0 spiro atoms. The van der Waals surface area contributed by atoms with Crippen LogP contribution in [0.4, 0.5) is 0 Å². The highest BCUT2D eigenvalue weighted by molar-refractivity contribution is 4.87. The lowest BCUT2D eigenvalue weighted by Gasteiger charge is -2.37. The minimum Gasteiger partial charge on any atom is -0.330 e. The lowest BCUT2D eigenvalue weighted by Crippen LogP contribution is -2.43. The first-order chi connectivity index (χ1) is 8.78. The summed E-state index contributed by atoms with van der Waals surface area (Å²) in [6.45, 7) is 7.10. The molecule has 0 heterocycles. The average Bonchev–Trinajstić information content (AvgIpc) is 3.17. The predicted molar refractivity (Wildman–Crippen MR) is 78.6 cm³/mol. The fourth-order valence-corrected chi connectivity index (χ4v) is 3.60. The SMILES string of the molecule is CCCN(CC1CC1)CC1(CN)CCCCCC1. The van der Waals surface area contributed by atoms with E-state index in [0.29, 0.717) is 5.41 Å². The summed E-state index contributed by atoms with van der Waals surface area (Å²) in [5.74, 6) is 1.01. The molecule has 2 saturated carbocycles. The van der Waals surface area contributed by atoms with Crippen molar-refractivity contribution in [3.8, 4) is 0 Å². The highest BCUT2D eigenvalue weighted by Crippen LogP contribution is 2.36. The van der Waals surface area contributed by atoms with Gasteiger partial charge in [-0.05, 0) is 56.5 Å². The molecule has 2 heteroatoms. The molecule has 0 radical (unpaired) electrons. The summed E-state index contributed by atoms with van der Waals surface area (Å²) in [6.07, 6.45) is 12.6. The van der Waals surface area contributed by atoms with Crippen LogP contribution in [0.3, 0.4) is 0 Å². The first kappa shape index (κ1) is 14.3. The third-order valence-electron chi connectivity index (χ3n) is 4.91. The van der Waals surface area contributed by atoms with Gasteiger partial charge >= 0.3 is 0 Å². The molecule has 2 nitrogen and oxygen atoms in total. The van der Waals surface area contributed by atoms with Gasteiger partial charge in [0.1, 0.15) is 0 Å². The van der Waals surface area contributed by atoms with Crippen molar-refractivity contribution in [2.45, 2.75) is 64.7 Å². The van der Waals surface area contributed by atoms with E-state index in [9.17, 15) is 0 Å². The van der Waals surface area contributed by atoms with Crippen molar-refractivity contribution in [2.24, 2.45) is 17.1 Å². The zero-order valence-corrected chi connectivity index (χ0v) is 12.3. The minimum absolute atomic E-state index is 0.445. The zero-order valence-electron chi connectivity index (χ0n) is 12.3. The van der Waals surface area contributed by atoms with Crippen LogP contribution in [-0.2, 0) is 0 Å². The van der Waals surface area contributed by atoms with Crippen LogP contribution in [0.2, 0.25) is 0 Å². The van der Waals surface area contributed by atoms with Gasteiger partial charge < -0.3 is 10.6 Å². The van der Waals surface area contributed by atoms with E-state index in [1.807, 2.05) is 0 Å². The van der Waals surface area contributed by atoms with Crippen LogP contribution in [-0.4, -0.2) is 31.1 Å². The maximum atomic E-state index is 6.17. The number of nitrogens with zero attached hydrogens (tertiary/aromatic N) is 1. The Hall–Kier alpha value is -0.0800. The summed E-state index contributed by atoms with van der Waals surface area (Å²) in [5, 5.41) is 0. The molecule has 0 aromatic rings. The van der Waals surface area contributed by atoms with Crippen molar-refractivity contribution in [3.63, 3.8) is 0 Å². The van der Waals surface area contributed by atoms with E-state index in [1.165, 1.54) is 77.4 Å². The first-order valence-corrected chi connectivity index (χ1v) is 8.20. The second kappa shape index (κ2) is 6.91. The highest BCUT2D eigenvalue weighted by Gasteiger charge is 2.33. The normalized spacial score (nSPS) is 24.2. The van der Waals surface area contributed by atoms with E-state index in [-0.39, 0.29) is 0 Å². The number of hydrogen-bond donors (Lipinski definition) is 1. The van der Waals surface area contributed by atoms with Gasteiger partial charge in [0.15, 0.2) is 0 Å². The van der Waals surface area contributed by atoms with Crippen molar-refractivity contribution in [2.75, 3.05) is 26.2 Å². The van der Waals surface area contributed by atoms with Gasteiger partial charge in [0, 0.05) is 13.1 Å². The molecule has 2 rings (SSSR count). The Morgan fingerprint density at radius 3 is 2.28 bits per heavy atom. The van der Waals surface area contributed by atoms with Gasteiger partial charge in [-0.25, -0.2) is 0 Å². The maximum absolute atomic E-state index is 6.17. The second-order valence-electron chi connectivity index (χ2n) is 6.80. The molecule has 0 atom stereocenters. The average molecular weight is 252 g/mol. The monoisotopic (exact) mass is 252 g/mol. The Labute approximate surface area is 113 Å². The maximum Gasteiger partial charge on any atom is 0.00502 e. The van der Waals surface area contributed by atoms with E-state index < -0.39 is 0 Å². The Bertz CT molecular complexity index is 227. The van der Waals surface area contributed by atoms with Crippen LogP contribution in [0.5, 0.6) is 0 Å². The van der Waals surface area contributed by atoms with Crippen LogP contribution in [0, 0.1) is 11.3 Å². The zero-order chi connectivity index (χ0) is 12.8. The fraction of sp³-hybridized carbons (Fsp3) is 1.00. The van der Waals surface area contributed by atoms with Crippen LogP contribution in [0.15, 0.2) is 0 Å². The van der Waals surface area contributed by atoms with Crippen LogP contribution in [0.1, 0.15) is 64.7 Å². The summed E-state index contributed by atoms with van der Waals surface area (Å²) in [7, 11) is 0. The molecule has 0 saturated heterocycles. The number of rotatable bonds is 7. The van der Waals surface area contributed by atoms with Crippen molar-refractivity contribution < 1.29 is 0 Å². The molecule has 0 aliphatic heterocycles. The molecule has 106 valence electrons. The van der Waals surface area contributed by atoms with Crippen LogP contribution >= 0.6 is 0 Å². The largest absolute Gasteiger partial charge is 0.330 e. The van der Waals surface area contributed by atoms with E-state index in [0.717, 1.165) is 12.5 Å². The Morgan fingerprint density at radius 2 is 1.78 bits per heavy atom. The molecule has 2 N–H and O–H groups in total. The molecule has 2 aliphatic carbocycles. The van der Waals surface area contributed by atoms with Gasteiger partial charge in [-0.2, -0.15) is 0 Å². The lowest BCUT2D eigenvalue weighted by atomic mass is 9.79. The Morgan fingerprint density at radius 1 is 1.11 bits per heavy atom. The van der Waals surface area contributed by atoms with E-state index >= 15 is 0 Å². The van der Waals surface area contributed by atoms with E-state index in [4.69, 9.17) is 5.73 Å². The molecule has 2 aliphatic rings. The van der Waals surface area contributed by atoms with Crippen LogP contribution in [0.25, 0.3) is 0 Å². The number of hydrogen-bond acceptors (Lipinski definition) is 2. The lowest BCUT2D eigenvalue weighted by molar-refractivity contribution is 0.131. The summed E-state index contributed by atoms with van der Waals surface area (Å²) < 4.78 is 0. The van der Waals surface area contributed by atoms with Gasteiger partial charge in [-0.15, -0.1) is 0 Å². The molecule has 2 fully saturated rings. The van der Waals surface area contributed by atoms with Crippen molar-refractivity contribution in [1.29, 1.82) is 0 Å². The summed E-state index contributed by atoms with van der Waals surface area (Å²) in [6, 6.07) is 0. The highest BCUT2D eigenvalue weighted by atomic mass is 15.1. The topological polar surface area (TPSA) is 29.3 Å². The Balaban J connectivity index is 1.91. The molecule has 0 amide bonds. The van der Waals surface area contributed by atoms with Gasteiger partial charge in [0.2, 0.25) is 0 Å². The molecule has 0 unspecified atom stereocenters. The van der Waals surface area contributed by atoms with Crippen LogP contribution < -0.4 is 5.73 Å². The summed E-state index contributed by atoms with van der Waals surface area (Å²) >= 11 is 0. The van der Waals surface area contributed by atoms with Gasteiger partial charge in [-0.1, -0.05) is 32.6 Å². The second-order valence-corrected chi connectivity index (χ2v) is 6.80. The van der Waals surface area contributed by atoms with Gasteiger partial charge in [0.05, 0.1) is 0 Å².